The minimum Gasteiger partial charge on any atom is -0.370 e. The van der Waals surface area contributed by atoms with E-state index < -0.39 is 0 Å². The van der Waals surface area contributed by atoms with Crippen LogP contribution in [0, 0.1) is 11.8 Å². The van der Waals surface area contributed by atoms with Crippen LogP contribution in [-0.4, -0.2) is 18.0 Å². The maximum Gasteiger partial charge on any atom is 0.188 e. The first-order valence-corrected chi connectivity index (χ1v) is 6.46. The van der Waals surface area contributed by atoms with Crippen LogP contribution in [0.25, 0.3) is 0 Å². The molecule has 2 unspecified atom stereocenters. The van der Waals surface area contributed by atoms with Crippen LogP contribution in [0.1, 0.15) is 53.4 Å². The SMILES string of the molecule is CC1CCCCC1CN=C(N)NC(C)(C)C. The van der Waals surface area contributed by atoms with Gasteiger partial charge in [-0.25, -0.2) is 0 Å². The van der Waals surface area contributed by atoms with Crippen LogP contribution in [0.3, 0.4) is 0 Å². The molecule has 0 bridgehead atoms. The summed E-state index contributed by atoms with van der Waals surface area (Å²) in [7, 11) is 0. The Bertz CT molecular complexity index is 240. The standard InChI is InChI=1S/C13H27N3/c1-10-7-5-6-8-11(10)9-15-12(14)16-13(2,3)4/h10-11H,5-9H2,1-4H3,(H3,14,15,16). The van der Waals surface area contributed by atoms with E-state index >= 15 is 0 Å². The zero-order chi connectivity index (χ0) is 12.2. The second-order valence-electron chi connectivity index (χ2n) is 6.12. The second-order valence-corrected chi connectivity index (χ2v) is 6.12. The Kier molecular flexibility index (Phi) is 4.63. The van der Waals surface area contributed by atoms with Crippen molar-refractivity contribution in [2.45, 2.75) is 58.9 Å². The topological polar surface area (TPSA) is 50.4 Å². The highest BCUT2D eigenvalue weighted by molar-refractivity contribution is 5.78. The summed E-state index contributed by atoms with van der Waals surface area (Å²) < 4.78 is 0. The number of nitrogens with zero attached hydrogens (tertiary/aromatic N) is 1. The van der Waals surface area contributed by atoms with Crippen molar-refractivity contribution in [3.05, 3.63) is 0 Å². The molecule has 0 aliphatic heterocycles. The molecule has 1 aliphatic rings. The van der Waals surface area contributed by atoms with Crippen molar-refractivity contribution in [2.24, 2.45) is 22.6 Å². The summed E-state index contributed by atoms with van der Waals surface area (Å²) in [5.41, 5.74) is 5.87. The van der Waals surface area contributed by atoms with E-state index in [1.54, 1.807) is 0 Å². The van der Waals surface area contributed by atoms with Gasteiger partial charge in [-0.2, -0.15) is 0 Å². The molecule has 1 saturated carbocycles. The molecule has 16 heavy (non-hydrogen) atoms. The monoisotopic (exact) mass is 225 g/mol. The third-order valence-electron chi connectivity index (χ3n) is 3.29. The van der Waals surface area contributed by atoms with E-state index in [1.807, 2.05) is 0 Å². The molecule has 2 atom stereocenters. The Morgan fingerprint density at radius 3 is 2.50 bits per heavy atom. The molecule has 0 saturated heterocycles. The Morgan fingerprint density at radius 2 is 1.94 bits per heavy atom. The lowest BCUT2D eigenvalue weighted by Crippen LogP contribution is -2.45. The van der Waals surface area contributed by atoms with Gasteiger partial charge in [-0.05, 0) is 39.0 Å². The van der Waals surface area contributed by atoms with Crippen molar-refractivity contribution >= 4 is 5.96 Å². The number of nitrogens with two attached hydrogens (primary N) is 1. The molecule has 3 nitrogen and oxygen atoms in total. The van der Waals surface area contributed by atoms with Crippen LogP contribution >= 0.6 is 0 Å². The summed E-state index contributed by atoms with van der Waals surface area (Å²) in [4.78, 5) is 4.47. The highest BCUT2D eigenvalue weighted by atomic mass is 15.1. The molecule has 1 fully saturated rings. The number of rotatable bonds is 2. The third-order valence-corrected chi connectivity index (χ3v) is 3.29. The molecule has 3 N–H and O–H groups in total. The largest absolute Gasteiger partial charge is 0.370 e. The van der Waals surface area contributed by atoms with E-state index in [1.165, 1.54) is 25.7 Å². The van der Waals surface area contributed by atoms with Crippen molar-refractivity contribution in [1.82, 2.24) is 5.32 Å². The van der Waals surface area contributed by atoms with Crippen molar-refractivity contribution in [3.63, 3.8) is 0 Å². The van der Waals surface area contributed by atoms with Gasteiger partial charge in [0.25, 0.3) is 0 Å². The molecule has 3 heteroatoms. The number of guanidine groups is 1. The lowest BCUT2D eigenvalue weighted by Gasteiger charge is -2.28. The smallest absolute Gasteiger partial charge is 0.188 e. The van der Waals surface area contributed by atoms with Crippen molar-refractivity contribution in [1.29, 1.82) is 0 Å². The average Bonchev–Trinajstić information content (AvgIpc) is 2.14. The molecule has 0 aromatic rings. The van der Waals surface area contributed by atoms with E-state index in [2.05, 4.69) is 38.0 Å². The summed E-state index contributed by atoms with van der Waals surface area (Å²) in [6.07, 6.45) is 5.41. The van der Waals surface area contributed by atoms with Gasteiger partial charge in [0.2, 0.25) is 0 Å². The van der Waals surface area contributed by atoms with Crippen LogP contribution in [0.4, 0.5) is 0 Å². The molecule has 1 rings (SSSR count). The summed E-state index contributed by atoms with van der Waals surface area (Å²) in [6, 6.07) is 0. The Balaban J connectivity index is 2.39. The molecular weight excluding hydrogens is 198 g/mol. The Morgan fingerprint density at radius 1 is 1.31 bits per heavy atom. The normalized spacial score (nSPS) is 27.9. The van der Waals surface area contributed by atoms with Gasteiger partial charge in [0.1, 0.15) is 0 Å². The first-order valence-electron chi connectivity index (χ1n) is 6.46. The molecule has 0 heterocycles. The molecular formula is C13H27N3. The number of hydrogen-bond donors (Lipinski definition) is 2. The molecule has 1 aliphatic carbocycles. The van der Waals surface area contributed by atoms with Gasteiger partial charge >= 0.3 is 0 Å². The highest BCUT2D eigenvalue weighted by Gasteiger charge is 2.21. The predicted molar refractivity (Wildman–Crippen MR) is 70.5 cm³/mol. The highest BCUT2D eigenvalue weighted by Crippen LogP contribution is 2.29. The zero-order valence-corrected chi connectivity index (χ0v) is 11.2. The van der Waals surface area contributed by atoms with Crippen molar-refractivity contribution < 1.29 is 0 Å². The first kappa shape index (κ1) is 13.3. The first-order chi connectivity index (χ1) is 7.38. The van der Waals surface area contributed by atoms with Crippen molar-refractivity contribution in [2.75, 3.05) is 6.54 Å². The fourth-order valence-electron chi connectivity index (χ4n) is 2.30. The zero-order valence-electron chi connectivity index (χ0n) is 11.2. The summed E-state index contributed by atoms with van der Waals surface area (Å²) in [5.74, 6) is 2.12. The summed E-state index contributed by atoms with van der Waals surface area (Å²) >= 11 is 0. The lowest BCUT2D eigenvalue weighted by atomic mass is 9.80. The van der Waals surface area contributed by atoms with Crippen LogP contribution in [-0.2, 0) is 0 Å². The third kappa shape index (κ3) is 4.86. The van der Waals surface area contributed by atoms with E-state index in [4.69, 9.17) is 5.73 Å². The average molecular weight is 225 g/mol. The maximum atomic E-state index is 5.86. The number of aliphatic imine (C=N–C) groups is 1. The van der Waals surface area contributed by atoms with Crippen LogP contribution in [0.2, 0.25) is 0 Å². The summed E-state index contributed by atoms with van der Waals surface area (Å²) in [5, 5.41) is 3.20. The van der Waals surface area contributed by atoms with E-state index in [0.717, 1.165) is 18.4 Å². The van der Waals surface area contributed by atoms with Gasteiger partial charge in [-0.1, -0.05) is 26.2 Å². The lowest BCUT2D eigenvalue weighted by molar-refractivity contribution is 0.263. The van der Waals surface area contributed by atoms with Gasteiger partial charge in [-0.3, -0.25) is 4.99 Å². The second kappa shape index (κ2) is 5.55. The minimum atomic E-state index is 0.00572. The fourth-order valence-corrected chi connectivity index (χ4v) is 2.30. The summed E-state index contributed by atoms with van der Waals surface area (Å²) in [6.45, 7) is 9.51. The minimum absolute atomic E-state index is 0.00572. The number of nitrogens with one attached hydrogen (secondary N) is 1. The quantitative estimate of drug-likeness (QED) is 0.560. The molecule has 0 spiro atoms. The Labute approximate surface area is 99.9 Å². The van der Waals surface area contributed by atoms with Gasteiger partial charge in [0, 0.05) is 12.1 Å². The van der Waals surface area contributed by atoms with E-state index in [9.17, 15) is 0 Å². The fraction of sp³-hybridized carbons (Fsp3) is 0.923. The predicted octanol–water partition coefficient (Wildman–Crippen LogP) is 2.52. The van der Waals surface area contributed by atoms with Crippen LogP contribution in [0.15, 0.2) is 4.99 Å². The van der Waals surface area contributed by atoms with Gasteiger partial charge in [0.15, 0.2) is 5.96 Å². The van der Waals surface area contributed by atoms with E-state index in [0.29, 0.717) is 5.96 Å². The molecule has 0 amide bonds. The van der Waals surface area contributed by atoms with Crippen molar-refractivity contribution in [3.8, 4) is 0 Å². The molecule has 0 aromatic heterocycles. The molecule has 0 aromatic carbocycles. The number of hydrogen-bond acceptors (Lipinski definition) is 1. The van der Waals surface area contributed by atoms with Gasteiger partial charge in [0.05, 0.1) is 0 Å². The van der Waals surface area contributed by atoms with Gasteiger partial charge in [-0.15, -0.1) is 0 Å². The Hall–Kier alpha value is -0.730. The van der Waals surface area contributed by atoms with Crippen LogP contribution < -0.4 is 11.1 Å². The molecule has 0 radical (unpaired) electrons. The van der Waals surface area contributed by atoms with Crippen LogP contribution in [0.5, 0.6) is 0 Å². The maximum absolute atomic E-state index is 5.86. The molecule has 94 valence electrons. The van der Waals surface area contributed by atoms with Gasteiger partial charge < -0.3 is 11.1 Å². The van der Waals surface area contributed by atoms with E-state index in [-0.39, 0.29) is 5.54 Å².